The average Bonchev–Trinajstić information content (AvgIpc) is 3.47. The van der Waals surface area contributed by atoms with E-state index in [2.05, 4.69) is 15.3 Å². The van der Waals surface area contributed by atoms with Crippen LogP contribution < -0.4 is 4.74 Å². The van der Waals surface area contributed by atoms with Crippen LogP contribution in [0.1, 0.15) is 39.8 Å². The number of aryl methyl sites for hydroxylation is 1. The predicted octanol–water partition coefficient (Wildman–Crippen LogP) is 3.41. The number of halogens is 3. The number of para-hydroxylation sites is 1. The zero-order valence-electron chi connectivity index (χ0n) is 16.9. The number of hydrogen-bond acceptors (Lipinski definition) is 4. The normalized spacial score (nSPS) is 16.6. The van der Waals surface area contributed by atoms with Crippen LogP contribution in [0.2, 0.25) is 0 Å². The van der Waals surface area contributed by atoms with E-state index in [0.29, 0.717) is 25.2 Å². The lowest BCUT2D eigenvalue weighted by Crippen LogP contribution is -2.30. The van der Waals surface area contributed by atoms with E-state index in [1.807, 2.05) is 6.07 Å². The largest absolute Gasteiger partial charge is 0.493 e. The van der Waals surface area contributed by atoms with Crippen molar-refractivity contribution in [1.82, 2.24) is 24.9 Å². The smallest absolute Gasteiger partial charge is 0.419 e. The van der Waals surface area contributed by atoms with Gasteiger partial charge in [-0.25, -0.2) is 0 Å². The molecule has 1 saturated heterocycles. The Hall–Kier alpha value is -3.30. The molecule has 7 nitrogen and oxygen atoms in total. The number of alkyl halides is 3. The van der Waals surface area contributed by atoms with E-state index >= 15 is 0 Å². The number of likely N-dealkylation sites (tertiary alicyclic amines) is 1. The van der Waals surface area contributed by atoms with Gasteiger partial charge in [-0.05, 0) is 30.7 Å². The van der Waals surface area contributed by atoms with Crippen LogP contribution in [0.15, 0.2) is 42.6 Å². The van der Waals surface area contributed by atoms with Gasteiger partial charge in [0, 0.05) is 44.4 Å². The fourth-order valence-corrected chi connectivity index (χ4v) is 3.75. The minimum absolute atomic E-state index is 0.0602. The highest BCUT2D eigenvalue weighted by atomic mass is 19.4. The Morgan fingerprint density at radius 1 is 1.29 bits per heavy atom. The van der Waals surface area contributed by atoms with Crippen LogP contribution in [0.3, 0.4) is 0 Å². The molecule has 3 aromatic rings. The van der Waals surface area contributed by atoms with Crippen molar-refractivity contribution in [2.75, 3.05) is 19.7 Å². The van der Waals surface area contributed by atoms with Gasteiger partial charge in [-0.3, -0.25) is 14.6 Å². The summed E-state index contributed by atoms with van der Waals surface area (Å²) in [6.07, 6.45) is -1.68. The van der Waals surface area contributed by atoms with Crippen molar-refractivity contribution in [2.24, 2.45) is 7.05 Å². The molecule has 0 unspecified atom stereocenters. The molecule has 2 aromatic heterocycles. The van der Waals surface area contributed by atoms with Crippen LogP contribution in [0.4, 0.5) is 13.2 Å². The molecule has 0 bridgehead atoms. The molecule has 1 aliphatic rings. The number of hydrogen-bond donors (Lipinski definition) is 1. The average molecular weight is 433 g/mol. The summed E-state index contributed by atoms with van der Waals surface area (Å²) >= 11 is 0. The second-order valence-corrected chi connectivity index (χ2v) is 7.49. The molecule has 0 radical (unpaired) electrons. The third-order valence-electron chi connectivity index (χ3n) is 5.41. The molecule has 1 amide bonds. The molecule has 0 spiro atoms. The van der Waals surface area contributed by atoms with E-state index in [9.17, 15) is 18.0 Å². The molecule has 31 heavy (non-hydrogen) atoms. The van der Waals surface area contributed by atoms with Crippen molar-refractivity contribution in [2.45, 2.75) is 24.9 Å². The fourth-order valence-electron chi connectivity index (χ4n) is 3.75. The molecule has 1 fully saturated rings. The van der Waals surface area contributed by atoms with Gasteiger partial charge in [0.15, 0.2) is 0 Å². The van der Waals surface area contributed by atoms with E-state index in [1.165, 1.54) is 18.2 Å². The summed E-state index contributed by atoms with van der Waals surface area (Å²) in [5.74, 6) is -0.140. The number of aromatic amines is 1. The number of ether oxygens (including phenoxy) is 1. The topological polar surface area (TPSA) is 76.0 Å². The fraction of sp³-hybridized carbons (Fsp3) is 0.381. The number of H-pyrrole nitrogens is 1. The summed E-state index contributed by atoms with van der Waals surface area (Å²) in [5.41, 5.74) is 1.37. The minimum Gasteiger partial charge on any atom is -0.493 e. The number of nitrogens with one attached hydrogen (secondary N) is 1. The lowest BCUT2D eigenvalue weighted by molar-refractivity contribution is -0.138. The van der Waals surface area contributed by atoms with Crippen molar-refractivity contribution in [3.8, 4) is 5.75 Å². The third-order valence-corrected chi connectivity index (χ3v) is 5.41. The van der Waals surface area contributed by atoms with Gasteiger partial charge in [0.2, 0.25) is 0 Å². The van der Waals surface area contributed by atoms with Gasteiger partial charge in [-0.1, -0.05) is 12.1 Å². The Balaban J connectivity index is 1.33. The van der Waals surface area contributed by atoms with Gasteiger partial charge in [-0.15, -0.1) is 0 Å². The first kappa shape index (κ1) is 21.0. The molecule has 0 saturated carbocycles. The van der Waals surface area contributed by atoms with Gasteiger partial charge < -0.3 is 9.64 Å². The van der Waals surface area contributed by atoms with E-state index < -0.39 is 11.7 Å². The van der Waals surface area contributed by atoms with Gasteiger partial charge in [0.1, 0.15) is 11.4 Å². The van der Waals surface area contributed by atoms with E-state index in [4.69, 9.17) is 4.74 Å². The number of carbonyl (C=O) groups excluding carboxylic acids is 1. The molecule has 1 aliphatic heterocycles. The highest BCUT2D eigenvalue weighted by molar-refractivity contribution is 5.92. The van der Waals surface area contributed by atoms with Crippen molar-refractivity contribution in [3.63, 3.8) is 0 Å². The summed E-state index contributed by atoms with van der Waals surface area (Å²) < 4.78 is 46.1. The first-order chi connectivity index (χ1) is 14.8. The number of nitrogens with zero attached hydrogens (tertiary/aromatic N) is 4. The number of benzene rings is 1. The molecule has 4 rings (SSSR count). The highest BCUT2D eigenvalue weighted by Gasteiger charge is 2.34. The van der Waals surface area contributed by atoms with Crippen LogP contribution in [0, 0.1) is 0 Å². The Morgan fingerprint density at radius 3 is 2.84 bits per heavy atom. The van der Waals surface area contributed by atoms with Gasteiger partial charge in [-0.2, -0.15) is 23.4 Å². The summed E-state index contributed by atoms with van der Waals surface area (Å²) in [7, 11) is 1.73. The van der Waals surface area contributed by atoms with Gasteiger partial charge in [0.05, 0.1) is 17.9 Å². The molecule has 3 heterocycles. The van der Waals surface area contributed by atoms with Crippen molar-refractivity contribution in [1.29, 1.82) is 0 Å². The third kappa shape index (κ3) is 4.57. The van der Waals surface area contributed by atoms with Crippen LogP contribution in [-0.2, 0) is 19.6 Å². The first-order valence-corrected chi connectivity index (χ1v) is 9.93. The lowest BCUT2D eigenvalue weighted by Gasteiger charge is -2.15. The molecule has 1 N–H and O–H groups in total. The zero-order valence-corrected chi connectivity index (χ0v) is 16.9. The van der Waals surface area contributed by atoms with Crippen LogP contribution in [-0.4, -0.2) is 50.5 Å². The number of rotatable bonds is 6. The van der Waals surface area contributed by atoms with Crippen LogP contribution in [0.5, 0.6) is 5.75 Å². The Morgan fingerprint density at radius 2 is 2.10 bits per heavy atom. The quantitative estimate of drug-likeness (QED) is 0.647. The maximum Gasteiger partial charge on any atom is 0.419 e. The maximum absolute atomic E-state index is 13.0. The summed E-state index contributed by atoms with van der Waals surface area (Å²) in [5, 5.41) is 11.3. The summed E-state index contributed by atoms with van der Waals surface area (Å²) in [4.78, 5) is 14.4. The molecule has 164 valence electrons. The van der Waals surface area contributed by atoms with E-state index in [-0.39, 0.29) is 24.2 Å². The number of carbonyl (C=O) groups is 1. The summed E-state index contributed by atoms with van der Waals surface area (Å²) in [6, 6.07) is 8.75. The van der Waals surface area contributed by atoms with Crippen molar-refractivity contribution < 1.29 is 22.7 Å². The Labute approximate surface area is 176 Å². The predicted molar refractivity (Wildman–Crippen MR) is 106 cm³/mol. The first-order valence-electron chi connectivity index (χ1n) is 9.93. The Kier molecular flexibility index (Phi) is 5.71. The molecular formula is C21H22F3N5O2. The minimum atomic E-state index is -4.46. The van der Waals surface area contributed by atoms with E-state index in [1.54, 1.807) is 28.9 Å². The maximum atomic E-state index is 13.0. The molecule has 0 aliphatic carbocycles. The van der Waals surface area contributed by atoms with Crippen LogP contribution in [0.25, 0.3) is 0 Å². The van der Waals surface area contributed by atoms with Crippen LogP contribution >= 0.6 is 0 Å². The molecule has 1 atom stereocenters. The summed E-state index contributed by atoms with van der Waals surface area (Å²) in [6.45, 7) is 1.28. The second kappa shape index (κ2) is 8.44. The zero-order chi connectivity index (χ0) is 22.0. The van der Waals surface area contributed by atoms with Crippen molar-refractivity contribution in [3.05, 3.63) is 65.2 Å². The monoisotopic (exact) mass is 433 g/mol. The number of amides is 1. The SMILES string of the molecule is Cn1nccc1C(=O)N1CC[C@@H](c2cc(CCOc3ccccc3C(F)(F)F)[nH]n2)C1. The van der Waals surface area contributed by atoms with Gasteiger partial charge in [0.25, 0.3) is 5.91 Å². The van der Waals surface area contributed by atoms with Gasteiger partial charge >= 0.3 is 6.18 Å². The van der Waals surface area contributed by atoms with E-state index in [0.717, 1.165) is 23.9 Å². The number of aromatic nitrogens is 4. The molecule has 10 heteroatoms. The standard InChI is InChI=1S/C21H22F3N5O2/c1-28-18(6-9-25-28)20(30)29-10-7-14(13-29)17-12-15(26-27-17)8-11-31-19-5-3-2-4-16(19)21(22,23)24/h2-6,9,12,14H,7-8,10-11,13H2,1H3,(H,26,27)/t14-/m1/s1. The highest BCUT2D eigenvalue weighted by Crippen LogP contribution is 2.36. The molecular weight excluding hydrogens is 411 g/mol. The van der Waals surface area contributed by atoms with Crippen molar-refractivity contribution >= 4 is 5.91 Å². The Bertz CT molecular complexity index is 1060. The lowest BCUT2D eigenvalue weighted by atomic mass is 10.0. The molecule has 1 aromatic carbocycles. The second-order valence-electron chi connectivity index (χ2n) is 7.49.